The molecule has 1 heterocycles. The molecule has 1 saturated heterocycles. The summed E-state index contributed by atoms with van der Waals surface area (Å²) in [6, 6.07) is 0. The lowest BCUT2D eigenvalue weighted by Gasteiger charge is -2.48. The van der Waals surface area contributed by atoms with Crippen LogP contribution in [0.3, 0.4) is 0 Å². The first-order chi connectivity index (χ1) is 16.4. The summed E-state index contributed by atoms with van der Waals surface area (Å²) in [6.07, 6.45) is -4.91. The van der Waals surface area contributed by atoms with Gasteiger partial charge in [-0.25, -0.2) is 0 Å². The number of aliphatic hydroxyl groups is 3. The van der Waals surface area contributed by atoms with Crippen LogP contribution >= 0.6 is 0 Å². The van der Waals surface area contributed by atoms with Gasteiger partial charge < -0.3 is 58.0 Å². The zero-order chi connectivity index (χ0) is 25.7. The van der Waals surface area contributed by atoms with Crippen LogP contribution in [-0.2, 0) is 42.6 Å². The molecule has 0 saturated carbocycles. The Hall–Kier alpha value is -0.480. The molecule has 0 aromatic heterocycles. The highest BCUT2D eigenvalue weighted by Gasteiger charge is 2.52. The molecule has 0 bridgehead atoms. The van der Waals surface area contributed by atoms with Gasteiger partial charge in [-0.1, -0.05) is 0 Å². The van der Waals surface area contributed by atoms with Crippen molar-refractivity contribution in [1.82, 2.24) is 0 Å². The van der Waals surface area contributed by atoms with Crippen LogP contribution in [0.25, 0.3) is 0 Å². The van der Waals surface area contributed by atoms with Gasteiger partial charge in [0.25, 0.3) is 0 Å². The van der Waals surface area contributed by atoms with Crippen LogP contribution in [-0.4, -0.2) is 147 Å². The van der Waals surface area contributed by atoms with Crippen molar-refractivity contribution in [2.45, 2.75) is 54.9 Å². The van der Waals surface area contributed by atoms with E-state index in [0.717, 1.165) is 0 Å². The molecule has 1 fully saturated rings. The molecule has 0 aromatic carbocycles. The van der Waals surface area contributed by atoms with E-state index in [0.29, 0.717) is 0 Å². The Bertz CT molecular complexity index is 520. The minimum absolute atomic E-state index is 0.0116. The average molecular weight is 501 g/mol. The number of ether oxygens (including phenoxy) is 9. The molecule has 1 rings (SSSR count). The minimum atomic E-state index is -1.31. The van der Waals surface area contributed by atoms with E-state index >= 15 is 0 Å². The van der Waals surface area contributed by atoms with E-state index in [1.165, 1.54) is 49.8 Å². The van der Waals surface area contributed by atoms with Crippen molar-refractivity contribution >= 4 is 0 Å². The Morgan fingerprint density at radius 3 is 1.91 bits per heavy atom. The Kier molecular flexibility index (Phi) is 15.1. The number of rotatable bonds is 18. The van der Waals surface area contributed by atoms with Gasteiger partial charge in [-0.05, 0) is 6.42 Å². The van der Waals surface area contributed by atoms with Crippen molar-refractivity contribution in [2.75, 3.05) is 82.8 Å². The van der Waals surface area contributed by atoms with Crippen molar-refractivity contribution in [3.8, 4) is 0 Å². The fourth-order valence-electron chi connectivity index (χ4n) is 4.55. The van der Waals surface area contributed by atoms with Gasteiger partial charge in [-0.2, -0.15) is 0 Å². The molecule has 204 valence electrons. The van der Waals surface area contributed by atoms with Gasteiger partial charge in [0.15, 0.2) is 6.29 Å². The average Bonchev–Trinajstić information content (AvgIpc) is 2.86. The van der Waals surface area contributed by atoms with E-state index in [1.54, 1.807) is 0 Å². The monoisotopic (exact) mass is 500 g/mol. The van der Waals surface area contributed by atoms with E-state index < -0.39 is 61.0 Å². The maximum atomic E-state index is 10.3. The molecular weight excluding hydrogens is 456 g/mol. The Balaban J connectivity index is 3.46. The van der Waals surface area contributed by atoms with Crippen LogP contribution in [0, 0.1) is 5.92 Å². The fraction of sp³-hybridized carbons (Fsp3) is 1.00. The molecule has 0 spiro atoms. The highest BCUT2D eigenvalue weighted by Crippen LogP contribution is 2.34. The zero-order valence-corrected chi connectivity index (χ0v) is 21.4. The maximum Gasteiger partial charge on any atom is 0.187 e. The quantitative estimate of drug-likeness (QED) is 0.208. The topological polar surface area (TPSA) is 144 Å². The largest absolute Gasteiger partial charge is 0.396 e. The smallest absolute Gasteiger partial charge is 0.187 e. The summed E-state index contributed by atoms with van der Waals surface area (Å²) >= 11 is 0. The summed E-state index contributed by atoms with van der Waals surface area (Å²) in [7, 11) is 10.4. The van der Waals surface area contributed by atoms with Crippen molar-refractivity contribution < 1.29 is 58.0 Å². The van der Waals surface area contributed by atoms with Crippen LogP contribution in [0.1, 0.15) is 6.42 Å². The summed E-state index contributed by atoms with van der Waals surface area (Å²) in [5.74, 6) is -0.591. The summed E-state index contributed by atoms with van der Waals surface area (Å²) in [5.41, 5.74) is -1.31. The maximum absolute atomic E-state index is 10.3. The molecule has 34 heavy (non-hydrogen) atoms. The molecule has 12 heteroatoms. The molecule has 0 aromatic rings. The van der Waals surface area contributed by atoms with Crippen LogP contribution < -0.4 is 0 Å². The van der Waals surface area contributed by atoms with Gasteiger partial charge in [0, 0.05) is 62.3 Å². The third-order valence-corrected chi connectivity index (χ3v) is 6.33. The van der Waals surface area contributed by atoms with E-state index in [2.05, 4.69) is 0 Å². The fourth-order valence-corrected chi connectivity index (χ4v) is 4.55. The molecule has 9 atom stereocenters. The highest BCUT2D eigenvalue weighted by atomic mass is 16.7. The van der Waals surface area contributed by atoms with Crippen LogP contribution in [0.15, 0.2) is 0 Å². The number of hydrogen-bond acceptors (Lipinski definition) is 12. The summed E-state index contributed by atoms with van der Waals surface area (Å²) in [5, 5.41) is 30.0. The Labute approximate surface area is 202 Å². The lowest BCUT2D eigenvalue weighted by molar-refractivity contribution is -0.338. The molecule has 1 aliphatic rings. The van der Waals surface area contributed by atoms with Gasteiger partial charge >= 0.3 is 0 Å². The van der Waals surface area contributed by atoms with Gasteiger partial charge in [0.2, 0.25) is 0 Å². The Morgan fingerprint density at radius 1 is 0.853 bits per heavy atom. The second-order valence-corrected chi connectivity index (χ2v) is 8.17. The second kappa shape index (κ2) is 16.3. The van der Waals surface area contributed by atoms with E-state index in [4.69, 9.17) is 42.6 Å². The minimum Gasteiger partial charge on any atom is -0.396 e. The van der Waals surface area contributed by atoms with E-state index in [9.17, 15) is 15.3 Å². The van der Waals surface area contributed by atoms with E-state index in [1.807, 2.05) is 0 Å². The molecule has 0 radical (unpaired) electrons. The number of methoxy groups -OCH3 is 7. The van der Waals surface area contributed by atoms with Gasteiger partial charge in [-0.15, -0.1) is 0 Å². The standard InChI is InChI=1S/C22H44O12/c1-26-11-14(10-24)16(20(31-6)22(12-25,32-7)13-27-2)34-21-19(30-5)18(29-4)17(28-3)15(33-21)8-9-23/h14-21,23-25H,8-13H2,1-7H3/t14?,15?,16?,17-,18+,19?,20?,21-,22?/m0/s1. The molecule has 1 aliphatic heterocycles. The summed E-state index contributed by atoms with van der Waals surface area (Å²) in [6.45, 7) is -0.779. The molecular formula is C22H44O12. The van der Waals surface area contributed by atoms with Crippen molar-refractivity contribution in [1.29, 1.82) is 0 Å². The third-order valence-electron chi connectivity index (χ3n) is 6.33. The molecule has 0 aliphatic carbocycles. The molecule has 12 nitrogen and oxygen atoms in total. The first kappa shape index (κ1) is 31.5. The molecule has 0 amide bonds. The summed E-state index contributed by atoms with van der Waals surface area (Å²) in [4.78, 5) is 0. The lowest BCUT2D eigenvalue weighted by atomic mass is 9.86. The van der Waals surface area contributed by atoms with E-state index in [-0.39, 0.29) is 32.8 Å². The number of hydrogen-bond donors (Lipinski definition) is 3. The molecule has 6 unspecified atom stereocenters. The first-order valence-electron chi connectivity index (χ1n) is 11.2. The van der Waals surface area contributed by atoms with Gasteiger partial charge in [-0.3, -0.25) is 0 Å². The Morgan fingerprint density at radius 2 is 1.50 bits per heavy atom. The SMILES string of the molecule is COCC(CO)C(O[C@@H]1OC(CCO)[C@H](OC)[C@@H](OC)C1OC)C(OC)C(CO)(COC)OC. The normalized spacial score (nSPS) is 30.0. The lowest BCUT2D eigenvalue weighted by Crippen LogP contribution is -2.64. The first-order valence-corrected chi connectivity index (χ1v) is 11.2. The van der Waals surface area contributed by atoms with Crippen molar-refractivity contribution in [2.24, 2.45) is 5.92 Å². The van der Waals surface area contributed by atoms with Crippen molar-refractivity contribution in [3.63, 3.8) is 0 Å². The van der Waals surface area contributed by atoms with Crippen LogP contribution in [0.5, 0.6) is 0 Å². The number of aliphatic hydroxyl groups excluding tert-OH is 3. The van der Waals surface area contributed by atoms with Gasteiger partial charge in [0.05, 0.1) is 38.6 Å². The predicted octanol–water partition coefficient (Wildman–Crippen LogP) is -1.18. The second-order valence-electron chi connectivity index (χ2n) is 8.17. The third kappa shape index (κ3) is 7.28. The highest BCUT2D eigenvalue weighted by molar-refractivity contribution is 4.98. The summed E-state index contributed by atoms with van der Waals surface area (Å²) < 4.78 is 51.6. The van der Waals surface area contributed by atoms with Crippen LogP contribution in [0.4, 0.5) is 0 Å². The molecule has 3 N–H and O–H groups in total. The van der Waals surface area contributed by atoms with Gasteiger partial charge in [0.1, 0.15) is 30.0 Å². The zero-order valence-electron chi connectivity index (χ0n) is 21.4. The van der Waals surface area contributed by atoms with Crippen molar-refractivity contribution in [3.05, 3.63) is 0 Å². The van der Waals surface area contributed by atoms with Crippen LogP contribution in [0.2, 0.25) is 0 Å². The predicted molar refractivity (Wildman–Crippen MR) is 120 cm³/mol.